The molecule has 2 heterocycles. The standard InChI is InChI=1S/C18H19FN2O3S/c1-18(2,3)10-6-11(19)13(7-14(10)22)21-17(24)9-8-20-12-4-5-25-16(12)15(9)23/h4-9,12,16,22H,1-3H3,(H,21,24). The normalized spacial score (nSPS) is 25.1. The number of anilines is 1. The van der Waals surface area contributed by atoms with Crippen molar-refractivity contribution in [2.45, 2.75) is 37.5 Å². The molecule has 3 atom stereocenters. The van der Waals surface area contributed by atoms with Gasteiger partial charge >= 0.3 is 0 Å². The van der Waals surface area contributed by atoms with Gasteiger partial charge in [-0.15, -0.1) is 11.8 Å². The van der Waals surface area contributed by atoms with Crippen LogP contribution in [0.15, 0.2) is 28.6 Å². The monoisotopic (exact) mass is 362 g/mol. The van der Waals surface area contributed by atoms with Crippen molar-refractivity contribution in [1.82, 2.24) is 0 Å². The molecule has 0 fully saturated rings. The van der Waals surface area contributed by atoms with Gasteiger partial charge in [0.15, 0.2) is 5.78 Å². The highest BCUT2D eigenvalue weighted by atomic mass is 32.2. The van der Waals surface area contributed by atoms with Crippen LogP contribution >= 0.6 is 11.8 Å². The minimum atomic E-state index is -1.06. The molecule has 0 spiro atoms. The number of phenols is 1. The molecule has 25 heavy (non-hydrogen) atoms. The Morgan fingerprint density at radius 1 is 1.36 bits per heavy atom. The Bertz CT molecular complexity index is 798. The third-order valence-corrected chi connectivity index (χ3v) is 5.36. The molecule has 132 valence electrons. The van der Waals surface area contributed by atoms with E-state index < -0.39 is 28.3 Å². The number of aliphatic imine (C=N–C) groups is 1. The number of fused-ring (bicyclic) bond motifs is 1. The van der Waals surface area contributed by atoms with Gasteiger partial charge in [-0.2, -0.15) is 0 Å². The second-order valence-corrected chi connectivity index (χ2v) is 8.19. The summed E-state index contributed by atoms with van der Waals surface area (Å²) < 4.78 is 14.3. The number of thioether (sulfide) groups is 1. The van der Waals surface area contributed by atoms with E-state index in [9.17, 15) is 19.1 Å². The summed E-state index contributed by atoms with van der Waals surface area (Å²) in [5.74, 6) is -2.73. The predicted octanol–water partition coefficient (Wildman–Crippen LogP) is 3.03. The van der Waals surface area contributed by atoms with Crippen LogP contribution in [0.5, 0.6) is 5.75 Å². The summed E-state index contributed by atoms with van der Waals surface area (Å²) in [4.78, 5) is 29.0. The van der Waals surface area contributed by atoms with E-state index in [1.807, 2.05) is 26.8 Å². The highest BCUT2D eigenvalue weighted by molar-refractivity contribution is 8.03. The topological polar surface area (TPSA) is 78.8 Å². The van der Waals surface area contributed by atoms with Crippen LogP contribution in [0.3, 0.4) is 0 Å². The predicted molar refractivity (Wildman–Crippen MR) is 96.7 cm³/mol. The number of rotatable bonds is 2. The van der Waals surface area contributed by atoms with Crippen molar-refractivity contribution in [2.75, 3.05) is 5.32 Å². The van der Waals surface area contributed by atoms with E-state index in [2.05, 4.69) is 10.3 Å². The van der Waals surface area contributed by atoms with Gasteiger partial charge in [0, 0.05) is 17.8 Å². The van der Waals surface area contributed by atoms with Gasteiger partial charge in [-0.05, 0) is 16.9 Å². The van der Waals surface area contributed by atoms with E-state index in [0.29, 0.717) is 5.56 Å². The van der Waals surface area contributed by atoms with Crippen LogP contribution in [-0.2, 0) is 15.0 Å². The number of carbonyl (C=O) groups is 2. The van der Waals surface area contributed by atoms with E-state index in [1.54, 1.807) is 5.41 Å². The van der Waals surface area contributed by atoms with E-state index in [1.165, 1.54) is 30.1 Å². The molecule has 1 amide bonds. The summed E-state index contributed by atoms with van der Waals surface area (Å²) in [7, 11) is 0. The summed E-state index contributed by atoms with van der Waals surface area (Å²) >= 11 is 1.33. The molecule has 1 aromatic rings. The Morgan fingerprint density at radius 3 is 2.76 bits per heavy atom. The second kappa shape index (κ2) is 6.29. The van der Waals surface area contributed by atoms with Crippen molar-refractivity contribution in [3.05, 3.63) is 35.0 Å². The zero-order chi connectivity index (χ0) is 18.4. The minimum absolute atomic E-state index is 0.108. The van der Waals surface area contributed by atoms with Crippen LogP contribution < -0.4 is 5.32 Å². The smallest absolute Gasteiger partial charge is 0.240 e. The maximum absolute atomic E-state index is 14.3. The summed E-state index contributed by atoms with van der Waals surface area (Å²) in [5.41, 5.74) is -0.160. The van der Waals surface area contributed by atoms with Crippen molar-refractivity contribution < 1.29 is 19.1 Å². The first-order chi connectivity index (χ1) is 11.7. The van der Waals surface area contributed by atoms with Gasteiger partial charge in [-0.3, -0.25) is 14.6 Å². The van der Waals surface area contributed by atoms with Crippen LogP contribution in [0.1, 0.15) is 26.3 Å². The summed E-state index contributed by atoms with van der Waals surface area (Å²) in [6, 6.07) is 2.15. The van der Waals surface area contributed by atoms with Gasteiger partial charge in [-0.1, -0.05) is 26.8 Å². The second-order valence-electron chi connectivity index (χ2n) is 7.14. The summed E-state index contributed by atoms with van der Waals surface area (Å²) in [5, 5.41) is 13.9. The highest BCUT2D eigenvalue weighted by Gasteiger charge is 2.40. The molecule has 0 saturated heterocycles. The Labute approximate surface area is 149 Å². The van der Waals surface area contributed by atoms with Gasteiger partial charge in [-0.25, -0.2) is 4.39 Å². The van der Waals surface area contributed by atoms with Crippen LogP contribution in [0, 0.1) is 11.7 Å². The van der Waals surface area contributed by atoms with Gasteiger partial charge in [0.05, 0.1) is 17.0 Å². The van der Waals surface area contributed by atoms with Gasteiger partial charge < -0.3 is 10.4 Å². The molecule has 2 N–H and O–H groups in total. The lowest BCUT2D eigenvalue weighted by atomic mass is 9.86. The Balaban J connectivity index is 1.81. The van der Waals surface area contributed by atoms with Crippen molar-refractivity contribution in [2.24, 2.45) is 10.9 Å². The molecule has 0 saturated carbocycles. The lowest BCUT2D eigenvalue weighted by Crippen LogP contribution is -2.42. The number of ketones is 1. The zero-order valence-electron chi connectivity index (χ0n) is 14.1. The number of amides is 1. The van der Waals surface area contributed by atoms with Crippen LogP contribution in [-0.4, -0.2) is 34.3 Å². The van der Waals surface area contributed by atoms with Gasteiger partial charge in [0.25, 0.3) is 0 Å². The fourth-order valence-electron chi connectivity index (χ4n) is 2.86. The fraction of sp³-hybridized carbons (Fsp3) is 0.389. The van der Waals surface area contributed by atoms with Crippen molar-refractivity contribution in [1.29, 1.82) is 0 Å². The third kappa shape index (κ3) is 3.33. The molecule has 0 aliphatic carbocycles. The first-order valence-corrected chi connectivity index (χ1v) is 8.86. The number of phenolic OH excluding ortho intramolecular Hbond substituents is 1. The Kier molecular flexibility index (Phi) is 4.45. The van der Waals surface area contributed by atoms with E-state index in [4.69, 9.17) is 0 Å². The molecular weight excluding hydrogens is 343 g/mol. The van der Waals surface area contributed by atoms with Gasteiger partial charge in [0.1, 0.15) is 17.5 Å². The Hall–Kier alpha value is -2.15. The number of halogens is 1. The lowest BCUT2D eigenvalue weighted by molar-refractivity contribution is -0.128. The van der Waals surface area contributed by atoms with E-state index >= 15 is 0 Å². The fourth-order valence-corrected chi connectivity index (χ4v) is 3.88. The van der Waals surface area contributed by atoms with E-state index in [-0.39, 0.29) is 23.3 Å². The number of benzene rings is 1. The molecule has 7 heteroatoms. The largest absolute Gasteiger partial charge is 0.508 e. The quantitative estimate of drug-likeness (QED) is 0.793. The van der Waals surface area contributed by atoms with Crippen molar-refractivity contribution in [3.8, 4) is 5.75 Å². The van der Waals surface area contributed by atoms with Crippen molar-refractivity contribution >= 4 is 35.4 Å². The lowest BCUT2D eigenvalue weighted by Gasteiger charge is -2.24. The first-order valence-electron chi connectivity index (χ1n) is 7.91. The first kappa shape index (κ1) is 17.7. The van der Waals surface area contributed by atoms with E-state index in [0.717, 1.165) is 0 Å². The number of nitrogens with zero attached hydrogens (tertiary/aromatic N) is 1. The third-order valence-electron chi connectivity index (χ3n) is 4.24. The molecule has 0 bridgehead atoms. The van der Waals surface area contributed by atoms with Crippen LogP contribution in [0.25, 0.3) is 0 Å². The molecule has 2 aliphatic rings. The number of aromatic hydroxyl groups is 1. The number of hydrogen-bond donors (Lipinski definition) is 2. The zero-order valence-corrected chi connectivity index (χ0v) is 14.9. The maximum Gasteiger partial charge on any atom is 0.240 e. The molecule has 0 aromatic heterocycles. The van der Waals surface area contributed by atoms with Crippen LogP contribution in [0.4, 0.5) is 10.1 Å². The molecule has 2 aliphatic heterocycles. The number of Topliss-reactive ketones (excluding diaryl/α,β-unsaturated/α-hetero) is 1. The summed E-state index contributed by atoms with van der Waals surface area (Å²) in [6.45, 7) is 5.54. The SMILES string of the molecule is CC(C)(C)c1cc(F)c(NC(=O)C2C=NC3C=CSC3C2=O)cc1O. The van der Waals surface area contributed by atoms with Crippen LogP contribution in [0.2, 0.25) is 0 Å². The van der Waals surface area contributed by atoms with Gasteiger partial charge in [0.2, 0.25) is 5.91 Å². The average Bonchev–Trinajstić information content (AvgIpc) is 2.99. The molecular formula is C18H19FN2O3S. The number of carbonyl (C=O) groups excluding carboxylic acids is 2. The molecule has 0 radical (unpaired) electrons. The maximum atomic E-state index is 14.3. The molecule has 3 unspecified atom stereocenters. The summed E-state index contributed by atoms with van der Waals surface area (Å²) in [6.07, 6.45) is 3.14. The highest BCUT2D eigenvalue weighted by Crippen LogP contribution is 2.35. The molecule has 1 aromatic carbocycles. The molecule has 3 rings (SSSR count). The number of nitrogens with one attached hydrogen (secondary N) is 1. The van der Waals surface area contributed by atoms with Crippen molar-refractivity contribution in [3.63, 3.8) is 0 Å². The minimum Gasteiger partial charge on any atom is -0.508 e. The molecule has 5 nitrogen and oxygen atoms in total. The average molecular weight is 362 g/mol. The number of hydrogen-bond acceptors (Lipinski definition) is 5. The Morgan fingerprint density at radius 2 is 2.08 bits per heavy atom.